The highest BCUT2D eigenvalue weighted by atomic mass is 16.6. The minimum atomic E-state index is -0.802. The van der Waals surface area contributed by atoms with Crippen LogP contribution in [0.3, 0.4) is 0 Å². The molecule has 0 fully saturated rings. The first-order chi connectivity index (χ1) is 31.5. The Morgan fingerprint density at radius 3 is 0.969 bits per heavy atom. The van der Waals surface area contributed by atoms with Crippen LogP contribution in [-0.4, -0.2) is 37.2 Å². The van der Waals surface area contributed by atoms with E-state index in [9.17, 15) is 14.4 Å². The van der Waals surface area contributed by atoms with Gasteiger partial charge in [-0.3, -0.25) is 14.4 Å². The second-order valence-corrected chi connectivity index (χ2v) is 17.0. The van der Waals surface area contributed by atoms with Gasteiger partial charge in [0, 0.05) is 19.3 Å². The van der Waals surface area contributed by atoms with Gasteiger partial charge in [0.15, 0.2) is 6.10 Å². The highest BCUT2D eigenvalue weighted by Gasteiger charge is 2.19. The van der Waals surface area contributed by atoms with Crippen molar-refractivity contribution < 1.29 is 28.6 Å². The molecule has 1 atom stereocenters. The summed E-state index contributed by atoms with van der Waals surface area (Å²) in [6, 6.07) is 0. The highest BCUT2D eigenvalue weighted by Crippen LogP contribution is 2.14. The van der Waals surface area contributed by atoms with Crippen LogP contribution in [0, 0.1) is 0 Å². The molecule has 364 valence electrons. The average Bonchev–Trinajstić information content (AvgIpc) is 3.29. The highest BCUT2D eigenvalue weighted by molar-refractivity contribution is 5.71. The quantitative estimate of drug-likeness (QED) is 0.0262. The number of allylic oxidation sites excluding steroid dienone is 16. The lowest BCUT2D eigenvalue weighted by atomic mass is 10.0. The number of esters is 3. The summed E-state index contributed by atoms with van der Waals surface area (Å²) in [7, 11) is 0. The Hall–Kier alpha value is -3.67. The van der Waals surface area contributed by atoms with Gasteiger partial charge >= 0.3 is 17.9 Å². The molecular weight excluding hydrogens is 793 g/mol. The van der Waals surface area contributed by atoms with Crippen LogP contribution in [0.15, 0.2) is 97.2 Å². The molecule has 0 saturated carbocycles. The molecule has 0 amide bonds. The number of carbonyl (C=O) groups is 3. The SMILES string of the molecule is CC/C=C\C/C=C\C/C=C\C/C=C\C/C=C\CCCCCC(=O)OCC(COC(=O)CCCCCCCCCCCCCCC)OC(=O)CCCCCC/C=C\C/C=C\C/C=C\CC. The number of unbranched alkanes of at least 4 members (excludes halogenated alkanes) is 19. The van der Waals surface area contributed by atoms with E-state index in [2.05, 4.69) is 118 Å². The molecule has 0 saturated heterocycles. The third kappa shape index (κ3) is 49.3. The van der Waals surface area contributed by atoms with Crippen molar-refractivity contribution in [3.63, 3.8) is 0 Å². The Morgan fingerprint density at radius 1 is 0.328 bits per heavy atom. The summed E-state index contributed by atoms with van der Waals surface area (Å²) in [4.78, 5) is 38.0. The van der Waals surface area contributed by atoms with Gasteiger partial charge in [-0.1, -0.05) is 214 Å². The predicted octanol–water partition coefficient (Wildman–Crippen LogP) is 17.4. The molecule has 0 spiro atoms. The average molecular weight is 889 g/mol. The fourth-order valence-electron chi connectivity index (χ4n) is 6.95. The van der Waals surface area contributed by atoms with Crippen molar-refractivity contribution in [2.45, 2.75) is 239 Å². The van der Waals surface area contributed by atoms with E-state index in [0.717, 1.165) is 128 Å². The van der Waals surface area contributed by atoms with Crippen LogP contribution in [0.4, 0.5) is 0 Å². The van der Waals surface area contributed by atoms with E-state index in [4.69, 9.17) is 14.2 Å². The smallest absolute Gasteiger partial charge is 0.306 e. The van der Waals surface area contributed by atoms with E-state index in [0.29, 0.717) is 19.3 Å². The molecule has 0 bridgehead atoms. The molecule has 0 aromatic rings. The summed E-state index contributed by atoms with van der Waals surface area (Å²) in [5, 5.41) is 0. The lowest BCUT2D eigenvalue weighted by Gasteiger charge is -2.18. The number of hydrogen-bond donors (Lipinski definition) is 0. The first-order valence-corrected chi connectivity index (χ1v) is 26.2. The fourth-order valence-corrected chi connectivity index (χ4v) is 6.95. The van der Waals surface area contributed by atoms with Gasteiger partial charge in [-0.05, 0) is 96.3 Å². The van der Waals surface area contributed by atoms with E-state index in [1.54, 1.807) is 0 Å². The molecule has 0 aromatic heterocycles. The Morgan fingerprint density at radius 2 is 0.609 bits per heavy atom. The molecule has 0 aliphatic heterocycles. The van der Waals surface area contributed by atoms with Gasteiger partial charge in [-0.25, -0.2) is 0 Å². The van der Waals surface area contributed by atoms with E-state index in [-0.39, 0.29) is 31.1 Å². The number of ether oxygens (including phenoxy) is 3. The Kier molecular flexibility index (Phi) is 49.0. The molecular formula is C58H96O6. The Labute approximate surface area is 394 Å². The topological polar surface area (TPSA) is 78.9 Å². The van der Waals surface area contributed by atoms with Crippen molar-refractivity contribution >= 4 is 17.9 Å². The van der Waals surface area contributed by atoms with Crippen molar-refractivity contribution in [1.29, 1.82) is 0 Å². The summed E-state index contributed by atoms with van der Waals surface area (Å²) < 4.78 is 16.8. The lowest BCUT2D eigenvalue weighted by Crippen LogP contribution is -2.30. The van der Waals surface area contributed by atoms with Crippen molar-refractivity contribution in [3.8, 4) is 0 Å². The molecule has 0 rings (SSSR count). The van der Waals surface area contributed by atoms with Gasteiger partial charge < -0.3 is 14.2 Å². The number of rotatable bonds is 46. The van der Waals surface area contributed by atoms with Crippen molar-refractivity contribution in [2.24, 2.45) is 0 Å². The minimum Gasteiger partial charge on any atom is -0.462 e. The summed E-state index contributed by atoms with van der Waals surface area (Å²) >= 11 is 0. The zero-order valence-corrected chi connectivity index (χ0v) is 41.5. The summed E-state index contributed by atoms with van der Waals surface area (Å²) in [6.07, 6.45) is 68.2. The van der Waals surface area contributed by atoms with Crippen LogP contribution in [0.5, 0.6) is 0 Å². The molecule has 0 aliphatic carbocycles. The largest absolute Gasteiger partial charge is 0.462 e. The van der Waals surface area contributed by atoms with Crippen LogP contribution in [0.25, 0.3) is 0 Å². The molecule has 64 heavy (non-hydrogen) atoms. The Balaban J connectivity index is 4.47. The van der Waals surface area contributed by atoms with E-state index in [1.807, 2.05) is 0 Å². The lowest BCUT2D eigenvalue weighted by molar-refractivity contribution is -0.167. The molecule has 0 radical (unpaired) electrons. The third-order valence-electron chi connectivity index (χ3n) is 10.8. The molecule has 0 N–H and O–H groups in total. The van der Waals surface area contributed by atoms with Crippen LogP contribution < -0.4 is 0 Å². The van der Waals surface area contributed by atoms with E-state index >= 15 is 0 Å². The fraction of sp³-hybridized carbons (Fsp3) is 0.672. The van der Waals surface area contributed by atoms with Gasteiger partial charge in [0.25, 0.3) is 0 Å². The summed E-state index contributed by atoms with van der Waals surface area (Å²) in [5.41, 5.74) is 0. The Bertz CT molecular complexity index is 1300. The van der Waals surface area contributed by atoms with E-state index in [1.165, 1.54) is 64.2 Å². The van der Waals surface area contributed by atoms with Gasteiger partial charge in [0.05, 0.1) is 0 Å². The molecule has 0 aliphatic rings. The second kappa shape index (κ2) is 52.0. The van der Waals surface area contributed by atoms with Crippen molar-refractivity contribution in [2.75, 3.05) is 13.2 Å². The van der Waals surface area contributed by atoms with Gasteiger partial charge in [-0.15, -0.1) is 0 Å². The summed E-state index contributed by atoms with van der Waals surface area (Å²) in [5.74, 6) is -0.954. The zero-order chi connectivity index (χ0) is 46.5. The molecule has 6 heteroatoms. The molecule has 0 heterocycles. The van der Waals surface area contributed by atoms with Crippen LogP contribution in [0.1, 0.15) is 233 Å². The maximum absolute atomic E-state index is 12.8. The number of hydrogen-bond acceptors (Lipinski definition) is 6. The van der Waals surface area contributed by atoms with E-state index < -0.39 is 6.10 Å². The second-order valence-electron chi connectivity index (χ2n) is 17.0. The zero-order valence-electron chi connectivity index (χ0n) is 41.5. The first kappa shape index (κ1) is 60.3. The van der Waals surface area contributed by atoms with Gasteiger partial charge in [0.2, 0.25) is 0 Å². The first-order valence-electron chi connectivity index (χ1n) is 26.2. The van der Waals surface area contributed by atoms with Gasteiger partial charge in [-0.2, -0.15) is 0 Å². The standard InChI is InChI=1S/C58H96O6/c1-4-7-10-13-16-19-22-25-27-28-29-30-31-34-36-39-42-45-48-51-57(60)63-54-55(53-62-56(59)50-47-44-41-38-35-32-24-21-18-15-12-9-6-3)64-58(61)52-49-46-43-40-37-33-26-23-20-17-14-11-8-5-2/h7-8,10-11,16-17,19-20,25-27,29-30,33-34,36,55H,4-6,9,12-15,18,21-24,28,31-32,35,37-54H2,1-3H3/b10-7-,11-8-,19-16-,20-17-,27-25-,30-29-,33-26-,36-34-. The third-order valence-corrected chi connectivity index (χ3v) is 10.8. The predicted molar refractivity (Wildman–Crippen MR) is 274 cm³/mol. The van der Waals surface area contributed by atoms with Gasteiger partial charge in [0.1, 0.15) is 13.2 Å². The summed E-state index contributed by atoms with van der Waals surface area (Å²) in [6.45, 7) is 6.36. The molecule has 1 unspecified atom stereocenters. The normalized spacial score (nSPS) is 12.9. The molecule has 6 nitrogen and oxygen atoms in total. The number of carbonyl (C=O) groups excluding carboxylic acids is 3. The van der Waals surface area contributed by atoms with Crippen LogP contribution in [-0.2, 0) is 28.6 Å². The van der Waals surface area contributed by atoms with Crippen LogP contribution >= 0.6 is 0 Å². The maximum atomic E-state index is 12.8. The van der Waals surface area contributed by atoms with Crippen molar-refractivity contribution in [1.82, 2.24) is 0 Å². The monoisotopic (exact) mass is 889 g/mol. The minimum absolute atomic E-state index is 0.0967. The van der Waals surface area contributed by atoms with Crippen LogP contribution in [0.2, 0.25) is 0 Å². The molecule has 0 aromatic carbocycles. The van der Waals surface area contributed by atoms with Crippen molar-refractivity contribution in [3.05, 3.63) is 97.2 Å². The maximum Gasteiger partial charge on any atom is 0.306 e.